The van der Waals surface area contributed by atoms with Crippen LogP contribution < -0.4 is 10.1 Å². The molecule has 0 unspecified atom stereocenters. The van der Waals surface area contributed by atoms with Crippen LogP contribution in [0.5, 0.6) is 5.75 Å². The molecule has 152 valence electrons. The van der Waals surface area contributed by atoms with Crippen LogP contribution in [-0.4, -0.2) is 38.4 Å². The third kappa shape index (κ3) is 4.90. The monoisotopic (exact) mass is 396 g/mol. The van der Waals surface area contributed by atoms with Crippen molar-refractivity contribution in [1.82, 2.24) is 14.8 Å². The van der Waals surface area contributed by atoms with Crippen LogP contribution in [0.3, 0.4) is 0 Å². The molecule has 0 radical (unpaired) electrons. The molecule has 3 aromatic rings. The number of aryl methyl sites for hydroxylation is 1. The lowest BCUT2D eigenvalue weighted by Gasteiger charge is -2.10. The topological polar surface area (TPSA) is 106 Å². The van der Waals surface area contributed by atoms with E-state index in [0.717, 1.165) is 5.69 Å². The van der Waals surface area contributed by atoms with Crippen molar-refractivity contribution < 1.29 is 19.4 Å². The normalized spacial score (nSPS) is 11.0. The molecular formula is C21H24N4O4. The summed E-state index contributed by atoms with van der Waals surface area (Å²) in [6.45, 7) is 6.21. The van der Waals surface area contributed by atoms with E-state index < -0.39 is 5.97 Å². The molecule has 2 aromatic heterocycles. The number of carbonyl (C=O) groups excluding carboxylic acids is 1. The van der Waals surface area contributed by atoms with E-state index in [-0.39, 0.29) is 18.4 Å². The Bertz CT molecular complexity index is 1030. The van der Waals surface area contributed by atoms with E-state index in [1.807, 2.05) is 20.8 Å². The maximum absolute atomic E-state index is 12.9. The minimum Gasteiger partial charge on any atom is -0.494 e. The van der Waals surface area contributed by atoms with Crippen LogP contribution >= 0.6 is 0 Å². The lowest BCUT2D eigenvalue weighted by atomic mass is 10.1. The minimum atomic E-state index is -0.842. The van der Waals surface area contributed by atoms with Crippen molar-refractivity contribution in [2.24, 2.45) is 0 Å². The fraction of sp³-hybridized carbons (Fsp3) is 0.333. The summed E-state index contributed by atoms with van der Waals surface area (Å²) in [5.74, 6) is -0.460. The molecule has 0 saturated heterocycles. The standard InChI is InChI=1S/C21H24N4O4/c1-13(2)25-20-18(12-22-25)17(11-14(3)23-20)21(28)24-15-6-8-16(9-7-15)29-10-4-5-19(26)27/h6-9,11-13H,4-5,10H2,1-3H3,(H,24,28)(H,26,27). The highest BCUT2D eigenvalue weighted by molar-refractivity contribution is 6.12. The second-order valence-corrected chi connectivity index (χ2v) is 7.06. The van der Waals surface area contributed by atoms with Crippen LogP contribution in [0.2, 0.25) is 0 Å². The molecule has 1 amide bonds. The number of carboxylic acid groups (broad SMARTS) is 1. The first kappa shape index (κ1) is 20.3. The number of hydrogen-bond donors (Lipinski definition) is 2. The number of carbonyl (C=O) groups is 2. The summed E-state index contributed by atoms with van der Waals surface area (Å²) in [4.78, 5) is 27.9. The number of rotatable bonds is 8. The second-order valence-electron chi connectivity index (χ2n) is 7.06. The summed E-state index contributed by atoms with van der Waals surface area (Å²) in [5.41, 5.74) is 2.59. The molecule has 0 saturated carbocycles. The first-order valence-electron chi connectivity index (χ1n) is 9.46. The molecule has 0 aliphatic rings. The van der Waals surface area contributed by atoms with Gasteiger partial charge < -0.3 is 15.2 Å². The highest BCUT2D eigenvalue weighted by atomic mass is 16.5. The molecule has 0 atom stereocenters. The van der Waals surface area contributed by atoms with Crippen molar-refractivity contribution in [2.75, 3.05) is 11.9 Å². The van der Waals surface area contributed by atoms with E-state index in [4.69, 9.17) is 9.84 Å². The van der Waals surface area contributed by atoms with Crippen LogP contribution in [0, 0.1) is 6.92 Å². The lowest BCUT2D eigenvalue weighted by Crippen LogP contribution is -2.13. The predicted molar refractivity (Wildman–Crippen MR) is 109 cm³/mol. The Hall–Kier alpha value is -3.42. The van der Waals surface area contributed by atoms with E-state index >= 15 is 0 Å². The van der Waals surface area contributed by atoms with Gasteiger partial charge in [0.2, 0.25) is 0 Å². The summed E-state index contributed by atoms with van der Waals surface area (Å²) >= 11 is 0. The van der Waals surface area contributed by atoms with Crippen LogP contribution in [0.25, 0.3) is 11.0 Å². The molecule has 0 aliphatic heterocycles. The third-order valence-electron chi connectivity index (χ3n) is 4.34. The first-order chi connectivity index (χ1) is 13.8. The number of ether oxygens (including phenoxy) is 1. The molecule has 2 heterocycles. The van der Waals surface area contributed by atoms with E-state index in [2.05, 4.69) is 15.4 Å². The number of nitrogens with one attached hydrogen (secondary N) is 1. The maximum Gasteiger partial charge on any atom is 0.303 e. The van der Waals surface area contributed by atoms with E-state index in [1.165, 1.54) is 0 Å². The maximum atomic E-state index is 12.9. The number of pyridine rings is 1. The molecule has 8 nitrogen and oxygen atoms in total. The predicted octanol–water partition coefficient (Wildman–Crippen LogP) is 3.82. The zero-order chi connectivity index (χ0) is 21.0. The van der Waals surface area contributed by atoms with Crippen LogP contribution in [-0.2, 0) is 4.79 Å². The smallest absolute Gasteiger partial charge is 0.303 e. The highest BCUT2D eigenvalue weighted by Crippen LogP contribution is 2.23. The Morgan fingerprint density at radius 1 is 1.24 bits per heavy atom. The number of nitrogens with zero attached hydrogens (tertiary/aromatic N) is 3. The van der Waals surface area contributed by atoms with Gasteiger partial charge in [-0.15, -0.1) is 0 Å². The Kier molecular flexibility index (Phi) is 6.11. The van der Waals surface area contributed by atoms with Crippen molar-refractivity contribution in [1.29, 1.82) is 0 Å². The number of anilines is 1. The Balaban J connectivity index is 1.71. The van der Waals surface area contributed by atoms with Crippen molar-refractivity contribution in [3.8, 4) is 5.75 Å². The molecule has 8 heteroatoms. The average molecular weight is 396 g/mol. The number of fused-ring (bicyclic) bond motifs is 1. The zero-order valence-electron chi connectivity index (χ0n) is 16.7. The first-order valence-corrected chi connectivity index (χ1v) is 9.46. The number of hydrogen-bond acceptors (Lipinski definition) is 5. The summed E-state index contributed by atoms with van der Waals surface area (Å²) in [6.07, 6.45) is 2.18. The van der Waals surface area contributed by atoms with Crippen molar-refractivity contribution in [2.45, 2.75) is 39.7 Å². The van der Waals surface area contributed by atoms with Crippen LogP contribution in [0.15, 0.2) is 36.5 Å². The fourth-order valence-corrected chi connectivity index (χ4v) is 2.96. The number of benzene rings is 1. The van der Waals surface area contributed by atoms with Gasteiger partial charge in [-0.3, -0.25) is 9.59 Å². The number of carboxylic acids is 1. The quantitative estimate of drug-likeness (QED) is 0.561. The van der Waals surface area contributed by atoms with Crippen LogP contribution in [0.1, 0.15) is 48.8 Å². The van der Waals surface area contributed by atoms with Gasteiger partial charge in [0.1, 0.15) is 5.75 Å². The largest absolute Gasteiger partial charge is 0.494 e. The van der Waals surface area contributed by atoms with Crippen LogP contribution in [0.4, 0.5) is 5.69 Å². The van der Waals surface area contributed by atoms with Gasteiger partial charge in [-0.1, -0.05) is 0 Å². The molecule has 3 rings (SSSR count). The molecule has 2 N–H and O–H groups in total. The molecule has 0 aliphatic carbocycles. The molecule has 0 bridgehead atoms. The number of aliphatic carboxylic acids is 1. The highest BCUT2D eigenvalue weighted by Gasteiger charge is 2.17. The molecule has 1 aromatic carbocycles. The number of amides is 1. The zero-order valence-corrected chi connectivity index (χ0v) is 16.7. The van der Waals surface area contributed by atoms with Gasteiger partial charge >= 0.3 is 5.97 Å². The summed E-state index contributed by atoms with van der Waals surface area (Å²) in [6, 6.07) is 8.85. The number of aromatic nitrogens is 3. The van der Waals surface area contributed by atoms with Gasteiger partial charge in [0.15, 0.2) is 5.65 Å². The Morgan fingerprint density at radius 3 is 2.62 bits per heavy atom. The van der Waals surface area contributed by atoms with Gasteiger partial charge in [-0.2, -0.15) is 5.10 Å². The summed E-state index contributed by atoms with van der Waals surface area (Å²) in [7, 11) is 0. The van der Waals surface area contributed by atoms with E-state index in [1.54, 1.807) is 41.2 Å². The van der Waals surface area contributed by atoms with Gasteiger partial charge in [0.25, 0.3) is 5.91 Å². The molecule has 29 heavy (non-hydrogen) atoms. The SMILES string of the molecule is Cc1cc(C(=O)Nc2ccc(OCCCC(=O)O)cc2)c2cnn(C(C)C)c2n1. The third-order valence-corrected chi connectivity index (χ3v) is 4.34. The van der Waals surface area contributed by atoms with E-state index in [0.29, 0.717) is 41.1 Å². The van der Waals surface area contributed by atoms with Gasteiger partial charge in [-0.25, -0.2) is 9.67 Å². The van der Waals surface area contributed by atoms with Gasteiger partial charge in [-0.05, 0) is 57.5 Å². The lowest BCUT2D eigenvalue weighted by molar-refractivity contribution is -0.137. The molecular weight excluding hydrogens is 372 g/mol. The van der Waals surface area contributed by atoms with Crippen molar-refractivity contribution in [3.63, 3.8) is 0 Å². The Morgan fingerprint density at radius 2 is 1.97 bits per heavy atom. The van der Waals surface area contributed by atoms with Gasteiger partial charge in [0.05, 0.1) is 23.8 Å². The Labute approximate surface area is 168 Å². The van der Waals surface area contributed by atoms with Gasteiger partial charge in [0, 0.05) is 23.8 Å². The average Bonchev–Trinajstić information content (AvgIpc) is 3.09. The second kappa shape index (κ2) is 8.72. The van der Waals surface area contributed by atoms with E-state index in [9.17, 15) is 9.59 Å². The molecule has 0 fully saturated rings. The summed E-state index contributed by atoms with van der Waals surface area (Å²) < 4.78 is 7.31. The molecule has 0 spiro atoms. The van der Waals surface area contributed by atoms with Crippen molar-refractivity contribution >= 4 is 28.6 Å². The minimum absolute atomic E-state index is 0.0708. The fourth-order valence-electron chi connectivity index (χ4n) is 2.96. The van der Waals surface area contributed by atoms with Crippen molar-refractivity contribution in [3.05, 3.63) is 47.8 Å². The summed E-state index contributed by atoms with van der Waals surface area (Å²) in [5, 5.41) is 16.6.